The molecule has 2 aromatic heterocycles. The van der Waals surface area contributed by atoms with Crippen molar-refractivity contribution in [3.05, 3.63) is 51.7 Å². The van der Waals surface area contributed by atoms with Crippen LogP contribution in [0.15, 0.2) is 24.3 Å². The number of hydrogen-bond donors (Lipinski definition) is 1. The zero-order valence-electron chi connectivity index (χ0n) is 15.8. The van der Waals surface area contributed by atoms with Gasteiger partial charge in [0.1, 0.15) is 31.6 Å². The summed E-state index contributed by atoms with van der Waals surface area (Å²) >= 11 is 7.53. The lowest BCUT2D eigenvalue weighted by Crippen LogP contribution is -2.10. The molecule has 2 heterocycles. The van der Waals surface area contributed by atoms with Gasteiger partial charge >= 0.3 is 5.97 Å². The van der Waals surface area contributed by atoms with E-state index in [1.807, 2.05) is 0 Å². The molecule has 0 radical (unpaired) electrons. The number of benzene rings is 2. The molecule has 4 rings (SSSR count). The van der Waals surface area contributed by atoms with E-state index in [1.54, 1.807) is 29.7 Å². The average Bonchev–Trinajstić information content (AvgIpc) is 3.26. The van der Waals surface area contributed by atoms with E-state index in [0.29, 0.717) is 36.9 Å². The van der Waals surface area contributed by atoms with Crippen LogP contribution in [0.5, 0.6) is 0 Å². The Balaban J connectivity index is 2.07. The Labute approximate surface area is 178 Å². The Hall–Kier alpha value is -2.58. The lowest BCUT2D eigenvalue weighted by Gasteiger charge is -2.06. The van der Waals surface area contributed by atoms with Crippen molar-refractivity contribution in [3.63, 3.8) is 0 Å². The molecule has 0 saturated carbocycles. The van der Waals surface area contributed by atoms with Crippen LogP contribution in [-0.2, 0) is 31.4 Å². The van der Waals surface area contributed by atoms with Gasteiger partial charge in [-0.2, -0.15) is 0 Å². The van der Waals surface area contributed by atoms with Gasteiger partial charge in [0.05, 0.1) is 20.8 Å². The Kier molecular flexibility index (Phi) is 5.46. The second kappa shape index (κ2) is 7.92. The van der Waals surface area contributed by atoms with Gasteiger partial charge in [-0.25, -0.2) is 18.2 Å². The molecule has 4 nitrogen and oxygen atoms in total. The summed E-state index contributed by atoms with van der Waals surface area (Å²) in [4.78, 5) is 15.9. The zero-order valence-corrected chi connectivity index (χ0v) is 17.4. The van der Waals surface area contributed by atoms with Crippen LogP contribution in [0, 0.1) is 6.92 Å². The van der Waals surface area contributed by atoms with Gasteiger partial charge in [-0.3, -0.25) is 4.79 Å². The highest BCUT2D eigenvalue weighted by molar-refractivity contribution is 7.22. The van der Waals surface area contributed by atoms with Gasteiger partial charge in [-0.15, -0.1) is 11.3 Å². The SMILES string of the molecule is Cc1c(-c2nc3c(CF)c(CF)cc(CF)c3s2)c2cccc(Cl)c2n1CC(=O)O. The number of thiazole rings is 1. The molecule has 0 amide bonds. The third kappa shape index (κ3) is 3.15. The first kappa shape index (κ1) is 20.7. The second-order valence-corrected chi connectivity index (χ2v) is 8.25. The van der Waals surface area contributed by atoms with Crippen molar-refractivity contribution in [1.29, 1.82) is 0 Å². The molecule has 0 spiro atoms. The molecule has 30 heavy (non-hydrogen) atoms. The van der Waals surface area contributed by atoms with E-state index < -0.39 is 26.0 Å². The van der Waals surface area contributed by atoms with Crippen LogP contribution in [0.2, 0.25) is 5.02 Å². The van der Waals surface area contributed by atoms with Gasteiger partial charge in [0.25, 0.3) is 0 Å². The Morgan fingerprint density at radius 3 is 2.57 bits per heavy atom. The molecule has 0 unspecified atom stereocenters. The molecule has 4 aromatic rings. The number of fused-ring (bicyclic) bond motifs is 2. The van der Waals surface area contributed by atoms with Crippen molar-refractivity contribution >= 4 is 50.0 Å². The number of alkyl halides is 3. The molecule has 0 fully saturated rings. The smallest absolute Gasteiger partial charge is 0.323 e. The fourth-order valence-corrected chi connectivity index (χ4v) is 5.30. The van der Waals surface area contributed by atoms with Gasteiger partial charge in [0.15, 0.2) is 0 Å². The van der Waals surface area contributed by atoms with Crippen molar-refractivity contribution < 1.29 is 23.1 Å². The van der Waals surface area contributed by atoms with E-state index in [-0.39, 0.29) is 28.8 Å². The van der Waals surface area contributed by atoms with Crippen molar-refractivity contribution in [3.8, 4) is 10.6 Å². The average molecular weight is 453 g/mol. The first-order chi connectivity index (χ1) is 14.4. The highest BCUT2D eigenvalue weighted by Crippen LogP contribution is 2.43. The number of rotatable bonds is 6. The van der Waals surface area contributed by atoms with Crippen molar-refractivity contribution in [2.75, 3.05) is 0 Å². The van der Waals surface area contributed by atoms with Crippen LogP contribution >= 0.6 is 22.9 Å². The quantitative estimate of drug-likeness (QED) is 0.369. The predicted octanol–water partition coefficient (Wildman–Crippen LogP) is 6.37. The van der Waals surface area contributed by atoms with Crippen molar-refractivity contribution in [1.82, 2.24) is 9.55 Å². The van der Waals surface area contributed by atoms with Gasteiger partial charge in [0, 0.05) is 27.8 Å². The second-order valence-electron chi connectivity index (χ2n) is 6.85. The number of aliphatic carboxylic acids is 1. The molecule has 2 aromatic carbocycles. The molecule has 0 aliphatic rings. The van der Waals surface area contributed by atoms with Crippen LogP contribution in [0.4, 0.5) is 13.2 Å². The molecular weight excluding hydrogens is 437 g/mol. The number of aromatic nitrogens is 2. The monoisotopic (exact) mass is 452 g/mol. The highest BCUT2D eigenvalue weighted by atomic mass is 35.5. The van der Waals surface area contributed by atoms with Crippen LogP contribution in [0.25, 0.3) is 31.7 Å². The first-order valence-corrected chi connectivity index (χ1v) is 10.2. The summed E-state index contributed by atoms with van der Waals surface area (Å²) in [5, 5.41) is 10.9. The fourth-order valence-electron chi connectivity index (χ4n) is 3.82. The first-order valence-electron chi connectivity index (χ1n) is 9.02. The summed E-state index contributed by atoms with van der Waals surface area (Å²) in [6, 6.07) is 6.55. The molecule has 0 bridgehead atoms. The Morgan fingerprint density at radius 1 is 1.20 bits per heavy atom. The third-order valence-electron chi connectivity index (χ3n) is 5.16. The predicted molar refractivity (Wildman–Crippen MR) is 112 cm³/mol. The molecule has 0 aliphatic carbocycles. The summed E-state index contributed by atoms with van der Waals surface area (Å²) < 4.78 is 42.8. The zero-order chi connectivity index (χ0) is 21.6. The number of nitrogens with zero attached hydrogens (tertiary/aromatic N) is 2. The summed E-state index contributed by atoms with van der Waals surface area (Å²) in [6.07, 6.45) is 0. The maximum atomic E-state index is 13.7. The third-order valence-corrected chi connectivity index (χ3v) is 6.62. The minimum atomic E-state index is -1.03. The summed E-state index contributed by atoms with van der Waals surface area (Å²) in [6.45, 7) is -1.21. The standard InChI is InChI=1S/C21H16ClF3N2O2S/c1-10-17(13-3-2-4-15(22)19(13)27(10)9-16(28)29)21-26-18-14(8-25)11(6-23)5-12(7-24)20(18)30-21/h2-5H,6-9H2,1H3,(H,28,29). The molecule has 9 heteroatoms. The summed E-state index contributed by atoms with van der Waals surface area (Å²) in [5.74, 6) is -1.03. The van der Waals surface area contributed by atoms with Gasteiger partial charge in [-0.05, 0) is 24.6 Å². The van der Waals surface area contributed by atoms with Gasteiger partial charge in [0.2, 0.25) is 0 Å². The number of para-hydroxylation sites is 1. The summed E-state index contributed by atoms with van der Waals surface area (Å²) in [7, 11) is 0. The highest BCUT2D eigenvalue weighted by Gasteiger charge is 2.24. The van der Waals surface area contributed by atoms with Gasteiger partial charge < -0.3 is 9.67 Å². The van der Waals surface area contributed by atoms with Crippen LogP contribution in [-0.4, -0.2) is 20.6 Å². The maximum Gasteiger partial charge on any atom is 0.323 e. The topological polar surface area (TPSA) is 55.1 Å². The van der Waals surface area contributed by atoms with E-state index in [9.17, 15) is 23.1 Å². The Morgan fingerprint density at radius 2 is 1.93 bits per heavy atom. The number of halogens is 4. The molecule has 0 saturated heterocycles. The molecular formula is C21H16ClF3N2O2S. The maximum absolute atomic E-state index is 13.7. The number of carbonyl (C=O) groups is 1. The minimum absolute atomic E-state index is 0.0857. The fraction of sp³-hybridized carbons (Fsp3) is 0.238. The van der Waals surface area contributed by atoms with Gasteiger partial charge in [-0.1, -0.05) is 23.7 Å². The molecule has 0 aliphatic heterocycles. The van der Waals surface area contributed by atoms with Crippen molar-refractivity contribution in [2.45, 2.75) is 33.5 Å². The van der Waals surface area contributed by atoms with E-state index >= 15 is 0 Å². The van der Waals surface area contributed by atoms with Crippen LogP contribution in [0.1, 0.15) is 22.4 Å². The molecule has 0 atom stereocenters. The van der Waals surface area contributed by atoms with Crippen molar-refractivity contribution in [2.24, 2.45) is 0 Å². The minimum Gasteiger partial charge on any atom is -0.480 e. The lowest BCUT2D eigenvalue weighted by atomic mass is 10.0. The molecule has 1 N–H and O–H groups in total. The van der Waals surface area contributed by atoms with Crippen LogP contribution in [0.3, 0.4) is 0 Å². The largest absolute Gasteiger partial charge is 0.480 e. The van der Waals surface area contributed by atoms with E-state index in [0.717, 1.165) is 0 Å². The van der Waals surface area contributed by atoms with E-state index in [2.05, 4.69) is 4.98 Å². The molecule has 156 valence electrons. The summed E-state index contributed by atoms with van der Waals surface area (Å²) in [5.41, 5.74) is 2.50. The van der Waals surface area contributed by atoms with E-state index in [4.69, 9.17) is 11.6 Å². The van der Waals surface area contributed by atoms with Crippen LogP contribution < -0.4 is 0 Å². The number of hydrogen-bond acceptors (Lipinski definition) is 3. The van der Waals surface area contributed by atoms with E-state index in [1.165, 1.54) is 17.4 Å². The Bertz CT molecular complexity index is 1300. The number of carboxylic acid groups (broad SMARTS) is 1. The number of carboxylic acids is 1. The normalized spacial score (nSPS) is 11.6. The lowest BCUT2D eigenvalue weighted by molar-refractivity contribution is -0.137.